The van der Waals surface area contributed by atoms with Gasteiger partial charge in [0.15, 0.2) is 0 Å². The van der Waals surface area contributed by atoms with E-state index in [0.29, 0.717) is 12.5 Å². The first-order chi connectivity index (χ1) is 11.3. The lowest BCUT2D eigenvalue weighted by Crippen LogP contribution is -2.34. The van der Waals surface area contributed by atoms with Crippen molar-refractivity contribution in [1.82, 2.24) is 14.3 Å². The van der Waals surface area contributed by atoms with Gasteiger partial charge in [-0.15, -0.1) is 0 Å². The molecule has 2 heterocycles. The highest BCUT2D eigenvalue weighted by Gasteiger charge is 2.54. The highest BCUT2D eigenvalue weighted by Crippen LogP contribution is 2.48. The first-order valence-electron chi connectivity index (χ1n) is 8.08. The van der Waals surface area contributed by atoms with Crippen molar-refractivity contribution in [3.8, 4) is 0 Å². The lowest BCUT2D eigenvalue weighted by molar-refractivity contribution is 0.210. The number of hydrogen-bond acceptors (Lipinski definition) is 3. The average molecular weight is 337 g/mol. The number of rotatable bonds is 6. The van der Waals surface area contributed by atoms with Gasteiger partial charge in [0.05, 0.1) is 12.6 Å². The zero-order chi connectivity index (χ0) is 17.5. The molecule has 0 aliphatic carbocycles. The molecule has 1 aromatic heterocycles. The van der Waals surface area contributed by atoms with Crippen LogP contribution in [0.1, 0.15) is 38.8 Å². The fourth-order valence-corrected chi connectivity index (χ4v) is 2.89. The first-order valence-corrected chi connectivity index (χ1v) is 8.08. The first kappa shape index (κ1) is 16.8. The van der Waals surface area contributed by atoms with Gasteiger partial charge >= 0.3 is 5.69 Å². The Morgan fingerprint density at radius 3 is 2.62 bits per heavy atom. The quantitative estimate of drug-likeness (QED) is 0.762. The van der Waals surface area contributed by atoms with Gasteiger partial charge in [-0.05, 0) is 25.3 Å². The molecule has 2 atom stereocenters. The summed E-state index contributed by atoms with van der Waals surface area (Å²) < 4.78 is 35.7. The predicted molar refractivity (Wildman–Crippen MR) is 84.6 cm³/mol. The zero-order valence-corrected chi connectivity index (χ0v) is 14.0. The molecule has 0 spiro atoms. The molecule has 7 heteroatoms. The molecule has 0 N–H and O–H groups in total. The van der Waals surface area contributed by atoms with Crippen molar-refractivity contribution in [2.24, 2.45) is 5.92 Å². The minimum atomic E-state index is -0.973. The molecule has 1 aromatic carbocycles. The van der Waals surface area contributed by atoms with E-state index in [1.54, 1.807) is 11.5 Å². The minimum absolute atomic E-state index is 0.249. The van der Waals surface area contributed by atoms with Gasteiger partial charge in [-0.25, -0.2) is 18.3 Å². The van der Waals surface area contributed by atoms with Gasteiger partial charge in [-0.2, -0.15) is 5.10 Å². The van der Waals surface area contributed by atoms with Crippen LogP contribution < -0.4 is 5.69 Å². The number of benzene rings is 1. The van der Waals surface area contributed by atoms with E-state index in [1.165, 1.54) is 23.1 Å². The van der Waals surface area contributed by atoms with Gasteiger partial charge in [0.25, 0.3) is 0 Å². The summed E-state index contributed by atoms with van der Waals surface area (Å²) in [5.41, 5.74) is -0.973. The van der Waals surface area contributed by atoms with Crippen LogP contribution in [0, 0.1) is 17.6 Å². The Hall–Kier alpha value is -2.02. The molecule has 0 unspecified atom stereocenters. The van der Waals surface area contributed by atoms with Gasteiger partial charge in [0, 0.05) is 18.2 Å². The molecule has 0 radical (unpaired) electrons. The molecule has 2 aromatic rings. The second kappa shape index (κ2) is 6.12. The summed E-state index contributed by atoms with van der Waals surface area (Å²) in [6.07, 6.45) is 2.37. The Labute approximate surface area is 138 Å². The number of nitrogens with zero attached hydrogens (tertiary/aromatic N) is 3. The third-order valence-corrected chi connectivity index (χ3v) is 4.59. The molecule has 5 nitrogen and oxygen atoms in total. The van der Waals surface area contributed by atoms with Gasteiger partial charge in [0.1, 0.15) is 23.6 Å². The fourth-order valence-electron chi connectivity index (χ4n) is 2.89. The second-order valence-corrected chi connectivity index (χ2v) is 6.71. The molecule has 130 valence electrons. The van der Waals surface area contributed by atoms with Crippen LogP contribution in [0.4, 0.5) is 8.78 Å². The predicted octanol–water partition coefficient (Wildman–Crippen LogP) is 2.86. The molecule has 1 aliphatic rings. The normalized spacial score (nSPS) is 21.2. The van der Waals surface area contributed by atoms with Crippen LogP contribution in [-0.4, -0.2) is 21.0 Å². The maximum Gasteiger partial charge on any atom is 0.346 e. The standard InChI is InChI=1S/C17H21F2N3O2/c1-11(2)6-7-21-10-20-22(16(21)23)12(3)17(9-24-17)14-5-4-13(18)8-15(14)19/h4-5,8,10-12H,6-7,9H2,1-3H3/t12-,17-/m1/s1. The van der Waals surface area contributed by atoms with E-state index in [4.69, 9.17) is 4.74 Å². The van der Waals surface area contributed by atoms with Crippen LogP contribution in [0.25, 0.3) is 0 Å². The highest BCUT2D eigenvalue weighted by atomic mass is 19.1. The van der Waals surface area contributed by atoms with Crippen molar-refractivity contribution in [3.63, 3.8) is 0 Å². The maximum atomic E-state index is 14.1. The number of epoxide rings is 1. The van der Waals surface area contributed by atoms with E-state index in [2.05, 4.69) is 18.9 Å². The van der Waals surface area contributed by atoms with E-state index < -0.39 is 23.3 Å². The van der Waals surface area contributed by atoms with Gasteiger partial charge in [-0.3, -0.25) is 4.57 Å². The molecule has 0 amide bonds. The molecule has 0 bridgehead atoms. The monoisotopic (exact) mass is 337 g/mol. The van der Waals surface area contributed by atoms with E-state index in [0.717, 1.165) is 12.5 Å². The van der Waals surface area contributed by atoms with Crippen molar-refractivity contribution in [2.75, 3.05) is 6.61 Å². The molecule has 0 saturated carbocycles. The number of ether oxygens (including phenoxy) is 1. The third kappa shape index (κ3) is 2.88. The SMILES string of the molecule is CC(C)CCn1cnn([C@H](C)[C@@]2(c3ccc(F)cc3F)CO2)c1=O. The number of halogens is 2. The van der Waals surface area contributed by atoms with Crippen molar-refractivity contribution in [3.05, 3.63) is 52.2 Å². The molecular formula is C17H21F2N3O2. The smallest absolute Gasteiger partial charge is 0.346 e. The highest BCUT2D eigenvalue weighted by molar-refractivity contribution is 5.30. The largest absolute Gasteiger partial charge is 0.362 e. The van der Waals surface area contributed by atoms with Crippen LogP contribution in [0.2, 0.25) is 0 Å². The summed E-state index contributed by atoms with van der Waals surface area (Å²) in [4.78, 5) is 12.5. The Bertz CT molecular complexity index is 793. The lowest BCUT2D eigenvalue weighted by Gasteiger charge is -2.20. The molecular weight excluding hydrogens is 316 g/mol. The lowest BCUT2D eigenvalue weighted by atomic mass is 9.92. The Morgan fingerprint density at radius 1 is 1.33 bits per heavy atom. The third-order valence-electron chi connectivity index (χ3n) is 4.59. The summed E-state index contributed by atoms with van der Waals surface area (Å²) >= 11 is 0. The number of aryl methyl sites for hydroxylation is 1. The van der Waals surface area contributed by atoms with Crippen LogP contribution in [0.15, 0.2) is 29.3 Å². The van der Waals surface area contributed by atoms with Gasteiger partial charge in [0.2, 0.25) is 0 Å². The molecule has 1 fully saturated rings. The van der Waals surface area contributed by atoms with Crippen molar-refractivity contribution in [2.45, 2.75) is 45.4 Å². The minimum Gasteiger partial charge on any atom is -0.362 e. The summed E-state index contributed by atoms with van der Waals surface area (Å²) in [6, 6.07) is 2.90. The van der Waals surface area contributed by atoms with Crippen LogP contribution >= 0.6 is 0 Å². The van der Waals surface area contributed by atoms with Gasteiger partial charge < -0.3 is 4.74 Å². The summed E-state index contributed by atoms with van der Waals surface area (Å²) in [6.45, 7) is 6.78. The van der Waals surface area contributed by atoms with Crippen LogP contribution in [0.5, 0.6) is 0 Å². The van der Waals surface area contributed by atoms with E-state index in [9.17, 15) is 13.6 Å². The summed E-state index contributed by atoms with van der Waals surface area (Å²) in [5, 5.41) is 4.16. The van der Waals surface area contributed by atoms with Crippen molar-refractivity contribution < 1.29 is 13.5 Å². The van der Waals surface area contributed by atoms with E-state index in [1.807, 2.05) is 0 Å². The Kier molecular flexibility index (Phi) is 4.29. The van der Waals surface area contributed by atoms with Crippen LogP contribution in [-0.2, 0) is 16.9 Å². The molecule has 24 heavy (non-hydrogen) atoms. The molecule has 3 rings (SSSR count). The summed E-state index contributed by atoms with van der Waals surface area (Å²) in [5.74, 6) is -0.842. The van der Waals surface area contributed by atoms with E-state index >= 15 is 0 Å². The van der Waals surface area contributed by atoms with E-state index in [-0.39, 0.29) is 17.9 Å². The number of aromatic nitrogens is 3. The fraction of sp³-hybridized carbons (Fsp3) is 0.529. The number of hydrogen-bond donors (Lipinski definition) is 0. The Morgan fingerprint density at radius 2 is 2.04 bits per heavy atom. The Balaban J connectivity index is 1.89. The molecule has 1 saturated heterocycles. The topological polar surface area (TPSA) is 52.4 Å². The zero-order valence-electron chi connectivity index (χ0n) is 14.0. The second-order valence-electron chi connectivity index (χ2n) is 6.71. The van der Waals surface area contributed by atoms with Gasteiger partial charge in [-0.1, -0.05) is 19.9 Å². The summed E-state index contributed by atoms with van der Waals surface area (Å²) in [7, 11) is 0. The van der Waals surface area contributed by atoms with Crippen LogP contribution in [0.3, 0.4) is 0 Å². The molecule has 1 aliphatic heterocycles. The average Bonchev–Trinajstić information content (AvgIpc) is 3.23. The van der Waals surface area contributed by atoms with Crippen molar-refractivity contribution >= 4 is 0 Å². The maximum absolute atomic E-state index is 14.1. The van der Waals surface area contributed by atoms with Crippen molar-refractivity contribution in [1.29, 1.82) is 0 Å².